The lowest BCUT2D eigenvalue weighted by atomic mass is 9.99. The molecule has 0 radical (unpaired) electrons. The lowest BCUT2D eigenvalue weighted by Gasteiger charge is -2.02. The van der Waals surface area contributed by atoms with E-state index in [9.17, 15) is 4.79 Å². The lowest BCUT2D eigenvalue weighted by molar-refractivity contribution is 0.101. The number of benzene rings is 3. The van der Waals surface area contributed by atoms with Gasteiger partial charge in [-0.25, -0.2) is 4.68 Å². The van der Waals surface area contributed by atoms with Crippen LogP contribution < -0.4 is 0 Å². The lowest BCUT2D eigenvalue weighted by Crippen LogP contribution is -2.01. The van der Waals surface area contributed by atoms with Gasteiger partial charge in [-0.1, -0.05) is 41.4 Å². The highest BCUT2D eigenvalue weighted by molar-refractivity contribution is 6.30. The standard InChI is InChI=1S/C25H17ClN2O2/c1-16-7-12-22-21(13-16)23(18-14-27-28(15-18)20-5-3-2-4-6-20)25(30-22)24(29)17-8-10-19(26)11-9-17/h2-15H,1H3. The quantitative estimate of drug-likeness (QED) is 0.317. The van der Waals surface area contributed by atoms with Gasteiger partial charge in [0.15, 0.2) is 5.76 Å². The SMILES string of the molecule is Cc1ccc2oc(C(=O)c3ccc(Cl)cc3)c(-c3cnn(-c4ccccc4)c3)c2c1. The molecular weight excluding hydrogens is 396 g/mol. The molecule has 0 saturated heterocycles. The molecule has 0 saturated carbocycles. The highest BCUT2D eigenvalue weighted by Gasteiger charge is 2.24. The zero-order valence-corrected chi connectivity index (χ0v) is 16.9. The maximum Gasteiger partial charge on any atom is 0.228 e. The second-order valence-corrected chi connectivity index (χ2v) is 7.59. The van der Waals surface area contributed by atoms with E-state index < -0.39 is 0 Å². The minimum Gasteiger partial charge on any atom is -0.452 e. The Bertz CT molecular complexity index is 1370. The number of hydrogen-bond donors (Lipinski definition) is 0. The normalized spacial score (nSPS) is 11.1. The van der Waals surface area contributed by atoms with E-state index in [-0.39, 0.29) is 5.78 Å². The Morgan fingerprint density at radius 2 is 1.77 bits per heavy atom. The smallest absolute Gasteiger partial charge is 0.228 e. The Morgan fingerprint density at radius 1 is 1.00 bits per heavy atom. The largest absolute Gasteiger partial charge is 0.452 e. The van der Waals surface area contributed by atoms with E-state index in [1.54, 1.807) is 35.1 Å². The monoisotopic (exact) mass is 412 g/mol. The molecule has 146 valence electrons. The van der Waals surface area contributed by atoms with E-state index in [4.69, 9.17) is 16.0 Å². The summed E-state index contributed by atoms with van der Waals surface area (Å²) in [6, 6.07) is 22.6. The molecule has 0 N–H and O–H groups in total. The number of halogens is 1. The van der Waals surface area contributed by atoms with Gasteiger partial charge in [0.2, 0.25) is 5.78 Å². The maximum atomic E-state index is 13.3. The summed E-state index contributed by atoms with van der Waals surface area (Å²) in [4.78, 5) is 13.3. The Kier molecular flexibility index (Phi) is 4.49. The van der Waals surface area contributed by atoms with E-state index in [2.05, 4.69) is 5.10 Å². The van der Waals surface area contributed by atoms with Crippen molar-refractivity contribution >= 4 is 28.4 Å². The van der Waals surface area contributed by atoms with Crippen molar-refractivity contribution in [2.24, 2.45) is 0 Å². The first-order chi connectivity index (χ1) is 14.6. The molecule has 0 aliphatic rings. The van der Waals surface area contributed by atoms with Crippen LogP contribution in [0.1, 0.15) is 21.7 Å². The van der Waals surface area contributed by atoms with Gasteiger partial charge in [-0.15, -0.1) is 0 Å². The topological polar surface area (TPSA) is 48.0 Å². The fraction of sp³-hybridized carbons (Fsp3) is 0.0400. The molecule has 4 nitrogen and oxygen atoms in total. The van der Waals surface area contributed by atoms with Gasteiger partial charge in [0.25, 0.3) is 0 Å². The molecule has 0 aliphatic heterocycles. The molecule has 2 aromatic heterocycles. The van der Waals surface area contributed by atoms with Crippen LogP contribution in [0.2, 0.25) is 5.02 Å². The molecular formula is C25H17ClN2O2. The second kappa shape index (κ2) is 7.32. The van der Waals surface area contributed by atoms with Crippen molar-refractivity contribution in [3.8, 4) is 16.8 Å². The molecule has 5 rings (SSSR count). The van der Waals surface area contributed by atoms with Crippen LogP contribution in [-0.4, -0.2) is 15.6 Å². The number of hydrogen-bond acceptors (Lipinski definition) is 3. The molecule has 0 atom stereocenters. The summed E-state index contributed by atoms with van der Waals surface area (Å²) in [5.41, 5.74) is 4.78. The van der Waals surface area contributed by atoms with Crippen LogP contribution in [0.3, 0.4) is 0 Å². The Balaban J connectivity index is 1.69. The molecule has 3 aromatic carbocycles. The molecule has 0 aliphatic carbocycles. The second-order valence-electron chi connectivity index (χ2n) is 7.15. The summed E-state index contributed by atoms with van der Waals surface area (Å²) < 4.78 is 7.84. The number of carbonyl (C=O) groups is 1. The predicted octanol–water partition coefficient (Wildman–Crippen LogP) is 6.48. The number of furan rings is 1. The van der Waals surface area contributed by atoms with Crippen LogP contribution in [0.4, 0.5) is 0 Å². The molecule has 0 amide bonds. The van der Waals surface area contributed by atoms with E-state index >= 15 is 0 Å². The zero-order valence-electron chi connectivity index (χ0n) is 16.2. The minimum absolute atomic E-state index is 0.192. The first-order valence-corrected chi connectivity index (χ1v) is 9.92. The third-order valence-corrected chi connectivity index (χ3v) is 5.30. The Morgan fingerprint density at radius 3 is 2.53 bits per heavy atom. The number of fused-ring (bicyclic) bond motifs is 1. The fourth-order valence-corrected chi connectivity index (χ4v) is 3.69. The number of carbonyl (C=O) groups excluding carboxylic acids is 1. The summed E-state index contributed by atoms with van der Waals surface area (Å²) in [7, 11) is 0. The van der Waals surface area contributed by atoms with Gasteiger partial charge in [0.05, 0.1) is 11.9 Å². The molecule has 5 aromatic rings. The van der Waals surface area contributed by atoms with Crippen molar-refractivity contribution in [2.75, 3.05) is 0 Å². The number of aryl methyl sites for hydroxylation is 1. The number of nitrogens with zero attached hydrogens (tertiary/aromatic N) is 2. The van der Waals surface area contributed by atoms with Crippen molar-refractivity contribution in [3.05, 3.63) is 107 Å². The van der Waals surface area contributed by atoms with Gasteiger partial charge in [-0.05, 0) is 55.5 Å². The molecule has 30 heavy (non-hydrogen) atoms. The predicted molar refractivity (Wildman–Crippen MR) is 118 cm³/mol. The number of rotatable bonds is 4. The van der Waals surface area contributed by atoms with Crippen molar-refractivity contribution in [3.63, 3.8) is 0 Å². The highest BCUT2D eigenvalue weighted by atomic mass is 35.5. The maximum absolute atomic E-state index is 13.3. The summed E-state index contributed by atoms with van der Waals surface area (Å²) in [6.07, 6.45) is 3.68. The van der Waals surface area contributed by atoms with Gasteiger partial charge >= 0.3 is 0 Å². The summed E-state index contributed by atoms with van der Waals surface area (Å²) in [6.45, 7) is 2.02. The fourth-order valence-electron chi connectivity index (χ4n) is 3.56. The number of ketones is 1. The van der Waals surface area contributed by atoms with E-state index in [0.29, 0.717) is 21.9 Å². The van der Waals surface area contributed by atoms with E-state index in [1.165, 1.54) is 0 Å². The minimum atomic E-state index is -0.192. The summed E-state index contributed by atoms with van der Waals surface area (Å²) in [5, 5.41) is 5.97. The van der Waals surface area contributed by atoms with Crippen molar-refractivity contribution < 1.29 is 9.21 Å². The molecule has 5 heteroatoms. The first-order valence-electron chi connectivity index (χ1n) is 9.54. The zero-order chi connectivity index (χ0) is 20.7. The van der Waals surface area contributed by atoms with Crippen molar-refractivity contribution in [2.45, 2.75) is 6.92 Å². The third kappa shape index (κ3) is 3.21. The van der Waals surface area contributed by atoms with Crippen LogP contribution in [0.15, 0.2) is 89.6 Å². The average molecular weight is 413 g/mol. The third-order valence-electron chi connectivity index (χ3n) is 5.05. The highest BCUT2D eigenvalue weighted by Crippen LogP contribution is 2.37. The summed E-state index contributed by atoms with van der Waals surface area (Å²) in [5.74, 6) is 0.105. The molecule has 2 heterocycles. The van der Waals surface area contributed by atoms with Crippen LogP contribution in [0.25, 0.3) is 27.8 Å². The van der Waals surface area contributed by atoms with E-state index in [1.807, 2.05) is 61.7 Å². The van der Waals surface area contributed by atoms with Crippen LogP contribution in [0.5, 0.6) is 0 Å². The van der Waals surface area contributed by atoms with Crippen molar-refractivity contribution in [1.82, 2.24) is 9.78 Å². The van der Waals surface area contributed by atoms with Crippen LogP contribution in [-0.2, 0) is 0 Å². The van der Waals surface area contributed by atoms with E-state index in [0.717, 1.165) is 27.8 Å². The van der Waals surface area contributed by atoms with Gasteiger partial charge in [0, 0.05) is 33.3 Å². The van der Waals surface area contributed by atoms with Crippen LogP contribution >= 0.6 is 11.6 Å². The van der Waals surface area contributed by atoms with Crippen molar-refractivity contribution in [1.29, 1.82) is 0 Å². The summed E-state index contributed by atoms with van der Waals surface area (Å²) >= 11 is 5.99. The average Bonchev–Trinajstić information content (AvgIpc) is 3.39. The van der Waals surface area contributed by atoms with Gasteiger partial charge in [-0.2, -0.15) is 5.10 Å². The number of aromatic nitrogens is 2. The molecule has 0 unspecified atom stereocenters. The Hall–Kier alpha value is -3.63. The van der Waals surface area contributed by atoms with Gasteiger partial charge in [-0.3, -0.25) is 4.79 Å². The van der Waals surface area contributed by atoms with Gasteiger partial charge in [0.1, 0.15) is 5.58 Å². The molecule has 0 bridgehead atoms. The van der Waals surface area contributed by atoms with Gasteiger partial charge < -0.3 is 4.42 Å². The molecule has 0 spiro atoms. The molecule has 0 fully saturated rings. The first kappa shape index (κ1) is 18.4. The number of para-hydroxylation sites is 1. The Labute approximate surface area is 178 Å². The van der Waals surface area contributed by atoms with Crippen LogP contribution in [0, 0.1) is 6.92 Å².